The predicted molar refractivity (Wildman–Crippen MR) is 103 cm³/mol. The highest BCUT2D eigenvalue weighted by atomic mass is 16.5. The summed E-state index contributed by atoms with van der Waals surface area (Å²) in [5, 5.41) is 12.5. The van der Waals surface area contributed by atoms with Gasteiger partial charge in [0.25, 0.3) is 0 Å². The molecule has 0 bridgehead atoms. The van der Waals surface area contributed by atoms with Crippen LogP contribution in [0.3, 0.4) is 0 Å². The van der Waals surface area contributed by atoms with Crippen LogP contribution in [0.1, 0.15) is 47.0 Å². The topological polar surface area (TPSA) is 73.1 Å². The Morgan fingerprint density at radius 3 is 2.48 bits per heavy atom. The second-order valence-electron chi connectivity index (χ2n) is 7.80. The van der Waals surface area contributed by atoms with Crippen molar-refractivity contribution < 1.29 is 9.53 Å². The predicted octanol–water partition coefficient (Wildman–Crippen LogP) is 3.16. The van der Waals surface area contributed by atoms with Crippen LogP contribution < -0.4 is 4.74 Å². The molecule has 0 unspecified atom stereocenters. The summed E-state index contributed by atoms with van der Waals surface area (Å²) < 4.78 is 5.69. The number of ether oxygens (including phenoxy) is 1. The fourth-order valence-corrected chi connectivity index (χ4v) is 3.50. The van der Waals surface area contributed by atoms with Gasteiger partial charge in [-0.15, -0.1) is 10.2 Å². The van der Waals surface area contributed by atoms with E-state index in [0.29, 0.717) is 18.3 Å². The van der Waals surface area contributed by atoms with Gasteiger partial charge in [-0.3, -0.25) is 4.79 Å². The summed E-state index contributed by atoms with van der Waals surface area (Å²) in [6.07, 6.45) is 3.28. The van der Waals surface area contributed by atoms with Crippen molar-refractivity contribution in [2.45, 2.75) is 65.6 Å². The summed E-state index contributed by atoms with van der Waals surface area (Å²) in [6.45, 7) is 9.25. The van der Waals surface area contributed by atoms with E-state index < -0.39 is 0 Å². The van der Waals surface area contributed by atoms with Crippen LogP contribution in [0.15, 0.2) is 24.3 Å². The zero-order chi connectivity index (χ0) is 19.4. The number of carbonyl (C=O) groups excluding carboxylic acids is 1. The van der Waals surface area contributed by atoms with Crippen molar-refractivity contribution >= 4 is 5.91 Å². The van der Waals surface area contributed by atoms with Gasteiger partial charge in [0.15, 0.2) is 0 Å². The summed E-state index contributed by atoms with van der Waals surface area (Å²) in [4.78, 5) is 16.0. The Balaban J connectivity index is 1.63. The summed E-state index contributed by atoms with van der Waals surface area (Å²) in [5.74, 6) is 1.87. The quantitative estimate of drug-likeness (QED) is 0.780. The van der Waals surface area contributed by atoms with Crippen LogP contribution in [0.25, 0.3) is 11.4 Å². The monoisotopic (exact) mass is 371 g/mol. The minimum absolute atomic E-state index is 0.0519. The number of tetrazole rings is 1. The van der Waals surface area contributed by atoms with Crippen molar-refractivity contribution in [3.8, 4) is 17.1 Å². The van der Waals surface area contributed by atoms with Crippen LogP contribution in [0.4, 0.5) is 0 Å². The maximum absolute atomic E-state index is 12.7. The number of piperidine rings is 1. The second kappa shape index (κ2) is 8.50. The van der Waals surface area contributed by atoms with Crippen LogP contribution in [0.2, 0.25) is 0 Å². The molecule has 0 radical (unpaired) electrons. The van der Waals surface area contributed by atoms with E-state index in [-0.39, 0.29) is 24.5 Å². The molecule has 1 aliphatic rings. The lowest BCUT2D eigenvalue weighted by Crippen LogP contribution is -2.48. The molecule has 2 heterocycles. The SMILES string of the molecule is CC(C)COc1ccc(-c2nnn(CC(=O)N3[C@H](C)CCC[C@H]3C)n2)cc1. The smallest absolute Gasteiger partial charge is 0.246 e. The van der Waals surface area contributed by atoms with Gasteiger partial charge in [-0.2, -0.15) is 4.80 Å². The Labute approximate surface area is 160 Å². The molecule has 7 heteroatoms. The molecule has 1 fully saturated rings. The maximum atomic E-state index is 12.7. The zero-order valence-corrected chi connectivity index (χ0v) is 16.6. The third kappa shape index (κ3) is 4.84. The summed E-state index contributed by atoms with van der Waals surface area (Å²) in [7, 11) is 0. The van der Waals surface area contributed by atoms with Crippen LogP contribution in [0.5, 0.6) is 5.75 Å². The molecule has 1 aromatic heterocycles. The van der Waals surface area contributed by atoms with Gasteiger partial charge in [-0.25, -0.2) is 0 Å². The van der Waals surface area contributed by atoms with Crippen molar-refractivity contribution in [2.24, 2.45) is 5.92 Å². The normalized spacial score (nSPS) is 20.1. The van der Waals surface area contributed by atoms with Gasteiger partial charge in [0.1, 0.15) is 12.3 Å². The maximum Gasteiger partial charge on any atom is 0.246 e. The lowest BCUT2D eigenvalue weighted by molar-refractivity contribution is -0.138. The number of carbonyl (C=O) groups is 1. The molecule has 1 aliphatic heterocycles. The van der Waals surface area contributed by atoms with Gasteiger partial charge in [-0.1, -0.05) is 13.8 Å². The molecule has 1 amide bonds. The molecule has 0 saturated carbocycles. The number of hydrogen-bond acceptors (Lipinski definition) is 5. The first-order valence-electron chi connectivity index (χ1n) is 9.76. The lowest BCUT2D eigenvalue weighted by atomic mass is 9.97. The fourth-order valence-electron chi connectivity index (χ4n) is 3.50. The molecule has 3 rings (SSSR count). The fraction of sp³-hybridized carbons (Fsp3) is 0.600. The van der Waals surface area contributed by atoms with Crippen molar-refractivity contribution in [2.75, 3.05) is 6.61 Å². The largest absolute Gasteiger partial charge is 0.493 e. The number of benzene rings is 1. The molecule has 27 heavy (non-hydrogen) atoms. The van der Waals surface area contributed by atoms with Crippen molar-refractivity contribution in [3.05, 3.63) is 24.3 Å². The van der Waals surface area contributed by atoms with Crippen molar-refractivity contribution in [1.82, 2.24) is 25.1 Å². The van der Waals surface area contributed by atoms with E-state index in [1.54, 1.807) is 0 Å². The van der Waals surface area contributed by atoms with E-state index in [2.05, 4.69) is 43.1 Å². The van der Waals surface area contributed by atoms with Gasteiger partial charge in [0, 0.05) is 17.6 Å². The van der Waals surface area contributed by atoms with Crippen LogP contribution in [0, 0.1) is 5.92 Å². The van der Waals surface area contributed by atoms with Gasteiger partial charge in [0.2, 0.25) is 11.7 Å². The molecule has 1 saturated heterocycles. The Bertz CT molecular complexity index is 746. The molecular formula is C20H29N5O2. The first-order valence-corrected chi connectivity index (χ1v) is 9.76. The van der Waals surface area contributed by atoms with Crippen LogP contribution in [-0.4, -0.2) is 49.7 Å². The highest BCUT2D eigenvalue weighted by Gasteiger charge is 2.29. The highest BCUT2D eigenvalue weighted by Crippen LogP contribution is 2.23. The van der Waals surface area contributed by atoms with Crippen molar-refractivity contribution in [1.29, 1.82) is 0 Å². The van der Waals surface area contributed by atoms with E-state index >= 15 is 0 Å². The summed E-state index contributed by atoms with van der Waals surface area (Å²) in [5.41, 5.74) is 0.852. The van der Waals surface area contributed by atoms with E-state index in [0.717, 1.165) is 24.2 Å². The molecule has 2 atom stereocenters. The first-order chi connectivity index (χ1) is 12.9. The lowest BCUT2D eigenvalue weighted by Gasteiger charge is -2.38. The van der Waals surface area contributed by atoms with Crippen LogP contribution >= 0.6 is 0 Å². The number of likely N-dealkylation sites (tertiary alicyclic amines) is 1. The van der Waals surface area contributed by atoms with E-state index in [1.807, 2.05) is 29.2 Å². The standard InChI is InChI=1S/C20H29N5O2/c1-14(2)13-27-18-10-8-17(9-11-18)20-21-23-24(22-20)12-19(26)25-15(3)6-5-7-16(25)4/h8-11,14-16H,5-7,12-13H2,1-4H3/t15-,16-/m1/s1. The van der Waals surface area contributed by atoms with Crippen LogP contribution in [-0.2, 0) is 11.3 Å². The third-order valence-electron chi connectivity index (χ3n) is 4.91. The minimum atomic E-state index is 0.0519. The number of rotatable bonds is 6. The Hall–Kier alpha value is -2.44. The van der Waals surface area contributed by atoms with E-state index in [9.17, 15) is 4.79 Å². The molecule has 7 nitrogen and oxygen atoms in total. The highest BCUT2D eigenvalue weighted by molar-refractivity contribution is 5.76. The second-order valence-corrected chi connectivity index (χ2v) is 7.80. The average Bonchev–Trinajstić information content (AvgIpc) is 3.08. The molecule has 2 aromatic rings. The van der Waals surface area contributed by atoms with Gasteiger partial charge in [-0.05, 0) is 68.5 Å². The molecule has 1 aromatic carbocycles. The van der Waals surface area contributed by atoms with E-state index in [1.165, 1.54) is 11.2 Å². The minimum Gasteiger partial charge on any atom is -0.493 e. The molecule has 146 valence electrons. The molecule has 0 spiro atoms. The zero-order valence-electron chi connectivity index (χ0n) is 16.6. The van der Waals surface area contributed by atoms with Gasteiger partial charge < -0.3 is 9.64 Å². The Kier molecular flexibility index (Phi) is 6.08. The third-order valence-corrected chi connectivity index (χ3v) is 4.91. The molecule has 0 aliphatic carbocycles. The number of aromatic nitrogens is 4. The van der Waals surface area contributed by atoms with Crippen molar-refractivity contribution in [3.63, 3.8) is 0 Å². The average molecular weight is 371 g/mol. The number of hydrogen-bond donors (Lipinski definition) is 0. The first kappa shape index (κ1) is 19.3. The summed E-state index contributed by atoms with van der Waals surface area (Å²) in [6, 6.07) is 8.16. The number of amides is 1. The Morgan fingerprint density at radius 1 is 1.19 bits per heavy atom. The molecule has 0 N–H and O–H groups in total. The Morgan fingerprint density at radius 2 is 1.85 bits per heavy atom. The van der Waals surface area contributed by atoms with Gasteiger partial charge in [0.05, 0.1) is 6.61 Å². The van der Waals surface area contributed by atoms with E-state index in [4.69, 9.17) is 4.74 Å². The number of nitrogens with zero attached hydrogens (tertiary/aromatic N) is 5. The summed E-state index contributed by atoms with van der Waals surface area (Å²) >= 11 is 0. The molecular weight excluding hydrogens is 342 g/mol. The van der Waals surface area contributed by atoms with Gasteiger partial charge >= 0.3 is 0 Å².